The molecule has 1 aliphatic heterocycles. The normalized spacial score (nSPS) is 15.9. The second kappa shape index (κ2) is 9.63. The van der Waals surface area contributed by atoms with Crippen LogP contribution in [0.3, 0.4) is 0 Å². The molecule has 0 saturated carbocycles. The zero-order chi connectivity index (χ0) is 21.7. The Balaban J connectivity index is 1.52. The summed E-state index contributed by atoms with van der Waals surface area (Å²) in [5.41, 5.74) is 1.12. The first-order valence-corrected chi connectivity index (χ1v) is 9.99. The molecule has 1 atom stereocenters. The van der Waals surface area contributed by atoms with Crippen LogP contribution in [-0.4, -0.2) is 37.0 Å². The van der Waals surface area contributed by atoms with Gasteiger partial charge in [0, 0.05) is 18.7 Å². The fourth-order valence-corrected chi connectivity index (χ4v) is 3.28. The van der Waals surface area contributed by atoms with E-state index in [1.807, 2.05) is 13.8 Å². The van der Waals surface area contributed by atoms with Crippen molar-refractivity contribution in [2.45, 2.75) is 26.4 Å². The van der Waals surface area contributed by atoms with Gasteiger partial charge in [0.05, 0.1) is 22.7 Å². The highest BCUT2D eigenvalue weighted by molar-refractivity contribution is 6.33. The summed E-state index contributed by atoms with van der Waals surface area (Å²) in [7, 11) is 0. The quantitative estimate of drug-likeness (QED) is 0.677. The van der Waals surface area contributed by atoms with Gasteiger partial charge in [-0.05, 0) is 50.2 Å². The lowest BCUT2D eigenvalue weighted by Crippen LogP contribution is -2.28. The molecule has 0 bridgehead atoms. The average molecular weight is 431 g/mol. The molecule has 1 fully saturated rings. The zero-order valence-electron chi connectivity index (χ0n) is 16.8. The van der Waals surface area contributed by atoms with Crippen molar-refractivity contribution < 1.29 is 23.9 Å². The number of hydrogen-bond donors (Lipinski definition) is 1. The van der Waals surface area contributed by atoms with Gasteiger partial charge in [0.25, 0.3) is 5.91 Å². The molecule has 0 aromatic heterocycles. The maximum atomic E-state index is 12.4. The molecule has 0 aliphatic carbocycles. The lowest BCUT2D eigenvalue weighted by molar-refractivity contribution is -0.151. The number of anilines is 2. The van der Waals surface area contributed by atoms with Crippen molar-refractivity contribution in [1.82, 2.24) is 0 Å². The van der Waals surface area contributed by atoms with Gasteiger partial charge in [-0.1, -0.05) is 23.7 Å². The summed E-state index contributed by atoms with van der Waals surface area (Å²) in [6, 6.07) is 13.9. The Morgan fingerprint density at radius 2 is 1.87 bits per heavy atom. The molecule has 8 heteroatoms. The van der Waals surface area contributed by atoms with Crippen LogP contribution >= 0.6 is 11.6 Å². The molecule has 1 saturated heterocycles. The van der Waals surface area contributed by atoms with Gasteiger partial charge in [0.15, 0.2) is 6.61 Å². The Hall–Kier alpha value is -3.06. The Kier molecular flexibility index (Phi) is 6.95. The molecule has 2 aromatic rings. The van der Waals surface area contributed by atoms with E-state index in [4.69, 9.17) is 21.1 Å². The molecular formula is C22H23ClN2O5. The van der Waals surface area contributed by atoms with E-state index in [0.29, 0.717) is 22.1 Å². The molecule has 0 radical (unpaired) electrons. The van der Waals surface area contributed by atoms with Gasteiger partial charge in [-0.3, -0.25) is 14.4 Å². The highest BCUT2D eigenvalue weighted by Gasteiger charge is 2.36. The highest BCUT2D eigenvalue weighted by atomic mass is 35.5. The Bertz CT molecular complexity index is 929. The molecule has 1 N–H and O–H groups in total. The molecule has 2 amide bonds. The number of rotatable bonds is 7. The minimum Gasteiger partial charge on any atom is -0.491 e. The number of carbonyl (C=O) groups is 3. The number of benzene rings is 2. The molecule has 30 heavy (non-hydrogen) atoms. The van der Waals surface area contributed by atoms with Crippen molar-refractivity contribution in [1.29, 1.82) is 0 Å². The van der Waals surface area contributed by atoms with Crippen LogP contribution in [0.4, 0.5) is 11.4 Å². The molecule has 1 unspecified atom stereocenters. The fourth-order valence-electron chi connectivity index (χ4n) is 3.10. The van der Waals surface area contributed by atoms with E-state index in [1.54, 1.807) is 48.5 Å². The van der Waals surface area contributed by atoms with Gasteiger partial charge in [0.2, 0.25) is 5.91 Å². The van der Waals surface area contributed by atoms with Crippen LogP contribution in [0.5, 0.6) is 5.75 Å². The number of hydrogen-bond acceptors (Lipinski definition) is 5. The molecule has 0 spiro atoms. The molecule has 158 valence electrons. The summed E-state index contributed by atoms with van der Waals surface area (Å²) >= 11 is 5.99. The van der Waals surface area contributed by atoms with Crippen molar-refractivity contribution in [3.8, 4) is 5.75 Å². The van der Waals surface area contributed by atoms with Gasteiger partial charge in [-0.15, -0.1) is 0 Å². The number of carbonyl (C=O) groups excluding carboxylic acids is 3. The van der Waals surface area contributed by atoms with Gasteiger partial charge in [-0.2, -0.15) is 0 Å². The van der Waals surface area contributed by atoms with Crippen LogP contribution in [0.2, 0.25) is 5.02 Å². The van der Waals surface area contributed by atoms with Crippen molar-refractivity contribution in [3.05, 3.63) is 53.6 Å². The first-order valence-electron chi connectivity index (χ1n) is 9.61. The van der Waals surface area contributed by atoms with Crippen molar-refractivity contribution in [3.63, 3.8) is 0 Å². The summed E-state index contributed by atoms with van der Waals surface area (Å²) in [4.78, 5) is 38.2. The van der Waals surface area contributed by atoms with E-state index in [-0.39, 0.29) is 25.0 Å². The first kappa shape index (κ1) is 21.6. The number of nitrogens with one attached hydrogen (secondary N) is 1. The maximum Gasteiger partial charge on any atom is 0.311 e. The van der Waals surface area contributed by atoms with Crippen LogP contribution in [0, 0.1) is 5.92 Å². The predicted octanol–water partition coefficient (Wildman–Crippen LogP) is 3.66. The SMILES string of the molecule is CC(C)Oc1ccc(N2CC(C(=O)OCC(=O)Nc3ccccc3Cl)CC2=O)cc1. The summed E-state index contributed by atoms with van der Waals surface area (Å²) in [6.45, 7) is 3.62. The van der Waals surface area contributed by atoms with Gasteiger partial charge < -0.3 is 19.7 Å². The molecule has 1 heterocycles. The molecule has 2 aromatic carbocycles. The summed E-state index contributed by atoms with van der Waals surface area (Å²) < 4.78 is 10.7. The molecule has 1 aliphatic rings. The van der Waals surface area contributed by atoms with E-state index >= 15 is 0 Å². The summed E-state index contributed by atoms with van der Waals surface area (Å²) in [5, 5.41) is 2.97. The number of halogens is 1. The number of ether oxygens (including phenoxy) is 2. The van der Waals surface area contributed by atoms with Crippen LogP contribution in [0.1, 0.15) is 20.3 Å². The van der Waals surface area contributed by atoms with Gasteiger partial charge in [0.1, 0.15) is 5.75 Å². The standard InChI is InChI=1S/C22H23ClN2O5/c1-14(2)30-17-9-7-16(8-10-17)25-12-15(11-21(25)27)22(28)29-13-20(26)24-19-6-4-3-5-18(19)23/h3-10,14-15H,11-13H2,1-2H3,(H,24,26). The Morgan fingerprint density at radius 1 is 1.17 bits per heavy atom. The number of para-hydroxylation sites is 1. The third-order valence-electron chi connectivity index (χ3n) is 4.47. The molecule has 3 rings (SSSR count). The smallest absolute Gasteiger partial charge is 0.311 e. The average Bonchev–Trinajstić information content (AvgIpc) is 3.10. The predicted molar refractivity (Wildman–Crippen MR) is 114 cm³/mol. The van der Waals surface area contributed by atoms with Crippen LogP contribution in [-0.2, 0) is 19.1 Å². The summed E-state index contributed by atoms with van der Waals surface area (Å²) in [5.74, 6) is -1.17. The van der Waals surface area contributed by atoms with Crippen LogP contribution in [0.25, 0.3) is 0 Å². The minimum absolute atomic E-state index is 0.0369. The van der Waals surface area contributed by atoms with Crippen LogP contribution in [0.15, 0.2) is 48.5 Å². The Morgan fingerprint density at radius 3 is 2.53 bits per heavy atom. The maximum absolute atomic E-state index is 12.4. The van der Waals surface area contributed by atoms with Gasteiger partial charge >= 0.3 is 5.97 Å². The molecular weight excluding hydrogens is 408 g/mol. The van der Waals surface area contributed by atoms with Crippen molar-refractivity contribution in [2.75, 3.05) is 23.4 Å². The third kappa shape index (κ3) is 5.51. The van der Waals surface area contributed by atoms with Gasteiger partial charge in [-0.25, -0.2) is 0 Å². The van der Waals surface area contributed by atoms with Crippen LogP contribution < -0.4 is 15.0 Å². The second-order valence-electron chi connectivity index (χ2n) is 7.20. The van der Waals surface area contributed by atoms with E-state index in [2.05, 4.69) is 5.32 Å². The number of esters is 1. The fraction of sp³-hybridized carbons (Fsp3) is 0.318. The summed E-state index contributed by atoms with van der Waals surface area (Å²) in [6.07, 6.45) is 0.0911. The lowest BCUT2D eigenvalue weighted by atomic mass is 10.1. The zero-order valence-corrected chi connectivity index (χ0v) is 17.5. The second-order valence-corrected chi connectivity index (χ2v) is 7.61. The monoisotopic (exact) mass is 430 g/mol. The number of amides is 2. The highest BCUT2D eigenvalue weighted by Crippen LogP contribution is 2.28. The number of nitrogens with zero attached hydrogens (tertiary/aromatic N) is 1. The van der Waals surface area contributed by atoms with E-state index in [9.17, 15) is 14.4 Å². The lowest BCUT2D eigenvalue weighted by Gasteiger charge is -2.17. The largest absolute Gasteiger partial charge is 0.491 e. The topological polar surface area (TPSA) is 84.9 Å². The van der Waals surface area contributed by atoms with E-state index in [0.717, 1.165) is 0 Å². The van der Waals surface area contributed by atoms with Crippen molar-refractivity contribution >= 4 is 40.8 Å². The molecule has 7 nitrogen and oxygen atoms in total. The Labute approximate surface area is 179 Å². The van der Waals surface area contributed by atoms with E-state index < -0.39 is 24.4 Å². The minimum atomic E-state index is -0.628. The van der Waals surface area contributed by atoms with Crippen molar-refractivity contribution in [2.24, 2.45) is 5.92 Å². The van der Waals surface area contributed by atoms with E-state index in [1.165, 1.54) is 4.90 Å². The first-order chi connectivity index (χ1) is 14.3. The third-order valence-corrected chi connectivity index (χ3v) is 4.80.